The van der Waals surface area contributed by atoms with Gasteiger partial charge in [0.15, 0.2) is 0 Å². The Hall–Kier alpha value is -4.98. The number of ether oxygens (including phenoxy) is 2. The van der Waals surface area contributed by atoms with E-state index in [1.54, 1.807) is 68.4 Å². The van der Waals surface area contributed by atoms with Crippen LogP contribution in [0.3, 0.4) is 0 Å². The molecule has 0 radical (unpaired) electrons. The highest BCUT2D eigenvalue weighted by atomic mass is 16.5. The van der Waals surface area contributed by atoms with E-state index in [9.17, 15) is 29.4 Å². The maximum atomic E-state index is 13.0. The second kappa shape index (κ2) is 11.0. The van der Waals surface area contributed by atoms with E-state index in [-0.39, 0.29) is 46.4 Å². The molecule has 4 aromatic carbocycles. The number of carbonyl (C=O) groups excluding carboxylic acids is 2. The number of rotatable bonds is 8. The van der Waals surface area contributed by atoms with Crippen LogP contribution < -0.4 is 0 Å². The van der Waals surface area contributed by atoms with Gasteiger partial charge in [0.25, 0.3) is 0 Å². The van der Waals surface area contributed by atoms with Crippen LogP contribution in [0.1, 0.15) is 55.3 Å². The molecule has 0 aliphatic heterocycles. The third kappa shape index (κ3) is 4.59. The summed E-state index contributed by atoms with van der Waals surface area (Å²) < 4.78 is 10.5. The molecule has 0 fully saturated rings. The first-order valence-corrected chi connectivity index (χ1v) is 11.9. The van der Waals surface area contributed by atoms with Crippen LogP contribution in [0.15, 0.2) is 72.8 Å². The molecule has 0 aliphatic rings. The van der Waals surface area contributed by atoms with Gasteiger partial charge in [-0.15, -0.1) is 0 Å². The number of carboxylic acids is 2. The van der Waals surface area contributed by atoms with Gasteiger partial charge in [-0.3, -0.25) is 0 Å². The summed E-state index contributed by atoms with van der Waals surface area (Å²) in [5, 5.41) is 21.2. The van der Waals surface area contributed by atoms with E-state index >= 15 is 0 Å². The third-order valence-electron chi connectivity index (χ3n) is 6.03. The lowest BCUT2D eigenvalue weighted by atomic mass is 9.80. The molecule has 0 saturated heterocycles. The summed E-state index contributed by atoms with van der Waals surface area (Å²) in [6.07, 6.45) is 0. The van der Waals surface area contributed by atoms with E-state index < -0.39 is 35.0 Å². The fourth-order valence-corrected chi connectivity index (χ4v) is 4.60. The van der Waals surface area contributed by atoms with E-state index in [2.05, 4.69) is 0 Å². The minimum Gasteiger partial charge on any atom is -0.478 e. The smallest absolute Gasteiger partial charge is 0.338 e. The van der Waals surface area contributed by atoms with Crippen LogP contribution in [0.2, 0.25) is 0 Å². The average molecular weight is 513 g/mol. The van der Waals surface area contributed by atoms with Crippen molar-refractivity contribution in [2.75, 3.05) is 13.2 Å². The lowest BCUT2D eigenvalue weighted by Crippen LogP contribution is -2.15. The lowest BCUT2D eigenvalue weighted by Gasteiger charge is -2.22. The SMILES string of the molecule is CCOC(=O)c1ccccc1-c1c(C(=O)O)c(C(=O)O)c2ccccc2c1-c1ccccc1C(=O)OCC. The Morgan fingerprint density at radius 3 is 1.47 bits per heavy atom. The molecule has 0 spiro atoms. The molecule has 0 heterocycles. The van der Waals surface area contributed by atoms with Gasteiger partial charge in [0, 0.05) is 5.56 Å². The molecule has 8 nitrogen and oxygen atoms in total. The van der Waals surface area contributed by atoms with E-state index in [0.29, 0.717) is 10.9 Å². The largest absolute Gasteiger partial charge is 0.478 e. The van der Waals surface area contributed by atoms with E-state index in [1.807, 2.05) is 0 Å². The van der Waals surface area contributed by atoms with Crippen molar-refractivity contribution in [3.63, 3.8) is 0 Å². The Morgan fingerprint density at radius 1 is 0.579 bits per heavy atom. The van der Waals surface area contributed by atoms with Gasteiger partial charge in [-0.25, -0.2) is 19.2 Å². The van der Waals surface area contributed by atoms with E-state index in [4.69, 9.17) is 9.47 Å². The van der Waals surface area contributed by atoms with Crippen molar-refractivity contribution in [1.29, 1.82) is 0 Å². The van der Waals surface area contributed by atoms with Crippen LogP contribution in [0.5, 0.6) is 0 Å². The Bertz CT molecular complexity index is 1580. The summed E-state index contributed by atoms with van der Waals surface area (Å²) in [4.78, 5) is 51.2. The number of esters is 2. The van der Waals surface area contributed by atoms with Gasteiger partial charge in [-0.05, 0) is 53.4 Å². The predicted molar refractivity (Wildman–Crippen MR) is 141 cm³/mol. The number of fused-ring (bicyclic) bond motifs is 1. The Morgan fingerprint density at radius 2 is 1.00 bits per heavy atom. The number of carbonyl (C=O) groups is 4. The zero-order valence-corrected chi connectivity index (χ0v) is 20.7. The van der Waals surface area contributed by atoms with Crippen LogP contribution in [-0.2, 0) is 9.47 Å². The van der Waals surface area contributed by atoms with Gasteiger partial charge in [-0.1, -0.05) is 60.7 Å². The Balaban J connectivity index is 2.30. The molecular formula is C30H24O8. The summed E-state index contributed by atoms with van der Waals surface area (Å²) >= 11 is 0. The minimum absolute atomic E-state index is 0.0194. The second-order valence-corrected chi connectivity index (χ2v) is 8.19. The van der Waals surface area contributed by atoms with Gasteiger partial charge in [0.1, 0.15) is 0 Å². The van der Waals surface area contributed by atoms with Crippen LogP contribution in [0, 0.1) is 0 Å². The van der Waals surface area contributed by atoms with Crippen molar-refractivity contribution in [3.05, 3.63) is 95.1 Å². The van der Waals surface area contributed by atoms with Gasteiger partial charge in [0.2, 0.25) is 0 Å². The monoisotopic (exact) mass is 512 g/mol. The Kier molecular flexibility index (Phi) is 7.53. The van der Waals surface area contributed by atoms with Crippen LogP contribution in [0.25, 0.3) is 33.0 Å². The maximum Gasteiger partial charge on any atom is 0.338 e. The maximum absolute atomic E-state index is 13.0. The van der Waals surface area contributed by atoms with Crippen molar-refractivity contribution in [2.24, 2.45) is 0 Å². The molecule has 0 aliphatic carbocycles. The quantitative estimate of drug-likeness (QED) is 0.278. The summed E-state index contributed by atoms with van der Waals surface area (Å²) in [5.74, 6) is -4.28. The lowest BCUT2D eigenvalue weighted by molar-refractivity contribution is 0.0517. The number of hydrogen-bond donors (Lipinski definition) is 2. The standard InChI is InChI=1S/C30H24O8/c1-3-37-29(35)21-15-9-7-13-19(21)23-17-11-5-6-12-18(17)25(27(31)32)26(28(33)34)24(23)20-14-8-10-16-22(20)30(36)38-4-2/h5-16H,3-4H2,1-2H3,(H,31,32)(H,33,34). The molecule has 0 bridgehead atoms. The third-order valence-corrected chi connectivity index (χ3v) is 6.03. The van der Waals surface area contributed by atoms with Crippen LogP contribution in [0.4, 0.5) is 0 Å². The van der Waals surface area contributed by atoms with Crippen molar-refractivity contribution in [2.45, 2.75) is 13.8 Å². The molecular weight excluding hydrogens is 488 g/mol. The highest BCUT2D eigenvalue weighted by Gasteiger charge is 2.32. The molecule has 0 aromatic heterocycles. The van der Waals surface area contributed by atoms with Gasteiger partial charge < -0.3 is 19.7 Å². The topological polar surface area (TPSA) is 127 Å². The Labute approximate surface area is 218 Å². The van der Waals surface area contributed by atoms with Crippen molar-refractivity contribution in [1.82, 2.24) is 0 Å². The van der Waals surface area contributed by atoms with Crippen molar-refractivity contribution in [3.8, 4) is 22.3 Å². The summed E-state index contributed by atoms with van der Waals surface area (Å²) in [7, 11) is 0. The second-order valence-electron chi connectivity index (χ2n) is 8.19. The number of benzene rings is 4. The summed E-state index contributed by atoms with van der Waals surface area (Å²) in [6, 6.07) is 19.2. The molecule has 4 rings (SSSR count). The van der Waals surface area contributed by atoms with Crippen molar-refractivity contribution >= 4 is 34.6 Å². The number of hydrogen-bond acceptors (Lipinski definition) is 6. The molecule has 0 unspecified atom stereocenters. The minimum atomic E-state index is -1.50. The van der Waals surface area contributed by atoms with Crippen molar-refractivity contribution < 1.29 is 38.9 Å². The summed E-state index contributed by atoms with van der Waals surface area (Å²) in [5.41, 5.74) is 0.0192. The molecule has 0 saturated carbocycles. The first-order valence-electron chi connectivity index (χ1n) is 11.9. The number of aromatic carboxylic acids is 2. The zero-order valence-electron chi connectivity index (χ0n) is 20.7. The highest BCUT2D eigenvalue weighted by molar-refractivity contribution is 6.23. The van der Waals surface area contributed by atoms with Gasteiger partial charge >= 0.3 is 23.9 Å². The molecule has 192 valence electrons. The van der Waals surface area contributed by atoms with E-state index in [1.165, 1.54) is 18.2 Å². The average Bonchev–Trinajstić information content (AvgIpc) is 2.91. The molecule has 0 atom stereocenters. The summed E-state index contributed by atoms with van der Waals surface area (Å²) in [6.45, 7) is 3.50. The first kappa shape index (κ1) is 26.1. The van der Waals surface area contributed by atoms with Gasteiger partial charge in [-0.2, -0.15) is 0 Å². The van der Waals surface area contributed by atoms with E-state index in [0.717, 1.165) is 0 Å². The molecule has 0 amide bonds. The van der Waals surface area contributed by atoms with Crippen LogP contribution in [-0.4, -0.2) is 47.3 Å². The molecule has 8 heteroatoms. The zero-order chi connectivity index (χ0) is 27.4. The number of carboxylic acid groups (broad SMARTS) is 2. The fourth-order valence-electron chi connectivity index (χ4n) is 4.60. The van der Waals surface area contributed by atoms with Crippen LogP contribution >= 0.6 is 0 Å². The molecule has 2 N–H and O–H groups in total. The normalized spacial score (nSPS) is 10.7. The molecule has 38 heavy (non-hydrogen) atoms. The molecule has 4 aromatic rings. The fraction of sp³-hybridized carbons (Fsp3) is 0.133. The van der Waals surface area contributed by atoms with Gasteiger partial charge in [0.05, 0.1) is 35.5 Å². The first-order chi connectivity index (χ1) is 18.3. The highest BCUT2D eigenvalue weighted by Crippen LogP contribution is 2.45. The predicted octanol–water partition coefficient (Wildman–Crippen LogP) is 5.92.